The summed E-state index contributed by atoms with van der Waals surface area (Å²) in [6.07, 6.45) is 5.74. The minimum absolute atomic E-state index is 0.150. The van der Waals surface area contributed by atoms with Crippen LogP contribution in [0.1, 0.15) is 18.4 Å². The van der Waals surface area contributed by atoms with Crippen molar-refractivity contribution in [3.05, 3.63) is 70.2 Å². The Morgan fingerprint density at radius 1 is 1.07 bits per heavy atom. The molecule has 0 atom stereocenters. The first-order valence-corrected chi connectivity index (χ1v) is 9.68. The number of amides is 2. The Bertz CT molecular complexity index is 871. The Morgan fingerprint density at radius 3 is 2.62 bits per heavy atom. The number of rotatable bonds is 10. The fraction of sp³-hybridized carbons (Fsp3) is 0.190. The molecule has 0 aromatic heterocycles. The lowest BCUT2D eigenvalue weighted by Gasteiger charge is -2.08. The molecule has 0 saturated carbocycles. The van der Waals surface area contributed by atoms with Crippen molar-refractivity contribution in [3.8, 4) is 5.75 Å². The van der Waals surface area contributed by atoms with E-state index >= 15 is 0 Å². The average Bonchev–Trinajstić information content (AvgIpc) is 2.71. The van der Waals surface area contributed by atoms with E-state index in [0.717, 1.165) is 5.56 Å². The smallest absolute Gasteiger partial charge is 0.259 e. The van der Waals surface area contributed by atoms with Crippen molar-refractivity contribution in [3.63, 3.8) is 0 Å². The SMILES string of the molecule is O=C(CCCOc1ccc(Cl)cc1Cl)NCC(=O)NN=C/C=C/c1ccccc1. The Morgan fingerprint density at radius 2 is 1.86 bits per heavy atom. The number of halogens is 2. The second-order valence-electron chi connectivity index (χ2n) is 5.89. The topological polar surface area (TPSA) is 79.8 Å². The highest BCUT2D eigenvalue weighted by atomic mass is 35.5. The van der Waals surface area contributed by atoms with Crippen LogP contribution in [0.3, 0.4) is 0 Å². The van der Waals surface area contributed by atoms with E-state index in [-0.39, 0.29) is 18.9 Å². The van der Waals surface area contributed by atoms with Gasteiger partial charge in [-0.25, -0.2) is 5.43 Å². The van der Waals surface area contributed by atoms with Crippen LogP contribution in [0.25, 0.3) is 6.08 Å². The lowest BCUT2D eigenvalue weighted by molar-refractivity contribution is -0.126. The van der Waals surface area contributed by atoms with Gasteiger partial charge in [0.1, 0.15) is 5.75 Å². The van der Waals surface area contributed by atoms with Crippen LogP contribution in [0.2, 0.25) is 10.0 Å². The molecular weight excluding hydrogens is 413 g/mol. The maximum absolute atomic E-state index is 11.8. The Labute approximate surface area is 179 Å². The molecule has 2 rings (SSSR count). The number of nitrogens with one attached hydrogen (secondary N) is 2. The second-order valence-corrected chi connectivity index (χ2v) is 6.73. The molecule has 8 heteroatoms. The molecule has 0 unspecified atom stereocenters. The molecule has 152 valence electrons. The molecule has 0 heterocycles. The third kappa shape index (κ3) is 9.27. The maximum Gasteiger partial charge on any atom is 0.259 e. The average molecular weight is 434 g/mol. The van der Waals surface area contributed by atoms with Crippen LogP contribution in [0.5, 0.6) is 5.75 Å². The Kier molecular flexibility index (Phi) is 9.75. The second kappa shape index (κ2) is 12.6. The highest BCUT2D eigenvalue weighted by molar-refractivity contribution is 6.35. The minimum atomic E-state index is -0.410. The number of nitrogens with zero attached hydrogens (tertiary/aromatic N) is 1. The monoisotopic (exact) mass is 433 g/mol. The summed E-state index contributed by atoms with van der Waals surface area (Å²) in [6.45, 7) is 0.168. The number of carbonyl (C=O) groups is 2. The minimum Gasteiger partial charge on any atom is -0.492 e. The molecule has 0 fully saturated rings. The number of hydrogen-bond donors (Lipinski definition) is 2. The summed E-state index contributed by atoms with van der Waals surface area (Å²) in [5, 5.41) is 7.25. The Balaban J connectivity index is 1.56. The zero-order valence-corrected chi connectivity index (χ0v) is 17.1. The molecule has 0 bridgehead atoms. The van der Waals surface area contributed by atoms with Crippen molar-refractivity contribution in [1.29, 1.82) is 0 Å². The van der Waals surface area contributed by atoms with Crippen molar-refractivity contribution >= 4 is 47.3 Å². The van der Waals surface area contributed by atoms with Gasteiger partial charge in [-0.15, -0.1) is 0 Å². The van der Waals surface area contributed by atoms with Gasteiger partial charge in [0.15, 0.2) is 0 Å². The van der Waals surface area contributed by atoms with Crippen LogP contribution in [-0.4, -0.2) is 31.2 Å². The Hall–Kier alpha value is -2.83. The van der Waals surface area contributed by atoms with E-state index in [0.29, 0.717) is 28.8 Å². The largest absolute Gasteiger partial charge is 0.492 e. The van der Waals surface area contributed by atoms with Gasteiger partial charge in [0.25, 0.3) is 5.91 Å². The first-order chi connectivity index (χ1) is 14.0. The zero-order chi connectivity index (χ0) is 20.9. The third-order valence-corrected chi connectivity index (χ3v) is 4.11. The fourth-order valence-corrected chi connectivity index (χ4v) is 2.65. The predicted molar refractivity (Wildman–Crippen MR) is 116 cm³/mol. The summed E-state index contributed by atoms with van der Waals surface area (Å²) in [5.41, 5.74) is 3.37. The van der Waals surface area contributed by atoms with Crippen LogP contribution in [-0.2, 0) is 9.59 Å². The van der Waals surface area contributed by atoms with Crippen LogP contribution >= 0.6 is 23.2 Å². The van der Waals surface area contributed by atoms with Gasteiger partial charge in [-0.3, -0.25) is 9.59 Å². The number of allylic oxidation sites excluding steroid dienone is 1. The quantitative estimate of drug-likeness (QED) is 0.336. The molecule has 0 saturated heterocycles. The van der Waals surface area contributed by atoms with E-state index in [1.165, 1.54) is 6.21 Å². The summed E-state index contributed by atoms with van der Waals surface area (Å²) in [5.74, 6) is -0.152. The molecule has 0 spiro atoms. The first-order valence-electron chi connectivity index (χ1n) is 8.93. The van der Waals surface area contributed by atoms with Gasteiger partial charge in [0.2, 0.25) is 5.91 Å². The van der Waals surface area contributed by atoms with Gasteiger partial charge in [-0.2, -0.15) is 5.10 Å². The van der Waals surface area contributed by atoms with Crippen molar-refractivity contribution in [1.82, 2.24) is 10.7 Å². The molecule has 2 aromatic carbocycles. The molecular formula is C21H21Cl2N3O3. The molecule has 2 N–H and O–H groups in total. The van der Waals surface area contributed by atoms with Crippen molar-refractivity contribution in [2.24, 2.45) is 5.10 Å². The van der Waals surface area contributed by atoms with Crippen molar-refractivity contribution < 1.29 is 14.3 Å². The van der Waals surface area contributed by atoms with Crippen molar-refractivity contribution in [2.45, 2.75) is 12.8 Å². The van der Waals surface area contributed by atoms with Crippen LogP contribution in [0, 0.1) is 0 Å². The summed E-state index contributed by atoms with van der Waals surface area (Å²) in [7, 11) is 0. The summed E-state index contributed by atoms with van der Waals surface area (Å²) >= 11 is 11.8. The van der Waals surface area contributed by atoms with E-state index < -0.39 is 5.91 Å². The summed E-state index contributed by atoms with van der Waals surface area (Å²) in [4.78, 5) is 23.4. The van der Waals surface area contributed by atoms with E-state index in [9.17, 15) is 9.59 Å². The molecule has 6 nitrogen and oxygen atoms in total. The maximum atomic E-state index is 11.8. The van der Waals surface area contributed by atoms with E-state index in [1.54, 1.807) is 24.3 Å². The standard InChI is InChI=1S/C21H21Cl2N3O3/c22-17-10-11-19(18(23)14-17)29-13-5-9-20(27)24-15-21(28)26-25-12-4-8-16-6-2-1-3-7-16/h1-4,6-8,10-12,14H,5,9,13,15H2,(H,24,27)(H,26,28)/b8-4+,25-12?. The third-order valence-electron chi connectivity index (χ3n) is 3.58. The molecule has 29 heavy (non-hydrogen) atoms. The van der Waals surface area contributed by atoms with Gasteiger partial charge < -0.3 is 10.1 Å². The predicted octanol–water partition coefficient (Wildman–Crippen LogP) is 4.08. The number of carbonyl (C=O) groups excluding carboxylic acids is 2. The van der Waals surface area contributed by atoms with Crippen LogP contribution < -0.4 is 15.5 Å². The van der Waals surface area contributed by atoms with E-state index in [4.69, 9.17) is 27.9 Å². The molecule has 2 amide bonds. The van der Waals surface area contributed by atoms with Gasteiger partial charge in [-0.1, -0.05) is 59.6 Å². The zero-order valence-electron chi connectivity index (χ0n) is 15.6. The van der Waals surface area contributed by atoms with Gasteiger partial charge in [0.05, 0.1) is 18.2 Å². The van der Waals surface area contributed by atoms with Crippen LogP contribution in [0.15, 0.2) is 59.7 Å². The van der Waals surface area contributed by atoms with Gasteiger partial charge in [-0.05, 0) is 36.3 Å². The molecule has 0 aliphatic heterocycles. The number of hydrogen-bond acceptors (Lipinski definition) is 4. The molecule has 2 aromatic rings. The first kappa shape index (κ1) is 22.5. The van der Waals surface area contributed by atoms with Gasteiger partial charge in [0, 0.05) is 17.7 Å². The molecule has 0 aliphatic carbocycles. The lowest BCUT2D eigenvalue weighted by Crippen LogP contribution is -2.34. The van der Waals surface area contributed by atoms with Gasteiger partial charge >= 0.3 is 0 Å². The van der Waals surface area contributed by atoms with Crippen molar-refractivity contribution in [2.75, 3.05) is 13.2 Å². The fourth-order valence-electron chi connectivity index (χ4n) is 2.18. The number of ether oxygens (including phenoxy) is 1. The van der Waals surface area contributed by atoms with E-state index in [2.05, 4.69) is 15.8 Å². The lowest BCUT2D eigenvalue weighted by atomic mass is 10.2. The number of hydrazone groups is 1. The highest BCUT2D eigenvalue weighted by Gasteiger charge is 2.06. The molecule has 0 aliphatic rings. The molecule has 0 radical (unpaired) electrons. The summed E-state index contributed by atoms with van der Waals surface area (Å²) in [6, 6.07) is 14.6. The van der Waals surface area contributed by atoms with E-state index in [1.807, 2.05) is 36.4 Å². The van der Waals surface area contributed by atoms with Crippen LogP contribution in [0.4, 0.5) is 0 Å². The normalized spacial score (nSPS) is 11.0. The summed E-state index contributed by atoms with van der Waals surface area (Å²) < 4.78 is 5.50. The number of benzene rings is 2. The highest BCUT2D eigenvalue weighted by Crippen LogP contribution is 2.27.